The Bertz CT molecular complexity index is 1120. The average Bonchev–Trinajstić information content (AvgIpc) is 2.67. The van der Waals surface area contributed by atoms with Crippen molar-refractivity contribution in [2.45, 2.75) is 27.7 Å². The SMILES string of the molecule is Cc1cc(C)c(O)c(C2=NCN(c3cc(C)cc(C)c3O)c3ccccc32)c1. The highest BCUT2D eigenvalue weighted by molar-refractivity contribution is 6.18. The van der Waals surface area contributed by atoms with E-state index < -0.39 is 0 Å². The zero-order chi connectivity index (χ0) is 20.0. The van der Waals surface area contributed by atoms with E-state index in [9.17, 15) is 10.2 Å². The average molecular weight is 372 g/mol. The molecule has 0 radical (unpaired) electrons. The van der Waals surface area contributed by atoms with Crippen molar-refractivity contribution in [1.82, 2.24) is 0 Å². The summed E-state index contributed by atoms with van der Waals surface area (Å²) in [5.74, 6) is 0.537. The Morgan fingerprint density at radius 1 is 0.750 bits per heavy atom. The van der Waals surface area contributed by atoms with Gasteiger partial charge in [0.25, 0.3) is 0 Å². The number of aryl methyl sites for hydroxylation is 4. The van der Waals surface area contributed by atoms with E-state index in [0.29, 0.717) is 6.67 Å². The van der Waals surface area contributed by atoms with E-state index in [-0.39, 0.29) is 11.5 Å². The number of hydrogen-bond donors (Lipinski definition) is 2. The molecule has 3 aromatic rings. The minimum absolute atomic E-state index is 0.266. The number of phenolic OH excluding ortho intramolecular Hbond substituents is 2. The number of hydrogen-bond acceptors (Lipinski definition) is 4. The van der Waals surface area contributed by atoms with Gasteiger partial charge in [-0.15, -0.1) is 0 Å². The van der Waals surface area contributed by atoms with Gasteiger partial charge in [-0.1, -0.05) is 30.3 Å². The molecule has 2 N–H and O–H groups in total. The van der Waals surface area contributed by atoms with Crippen molar-refractivity contribution in [3.05, 3.63) is 81.9 Å². The highest BCUT2D eigenvalue weighted by Crippen LogP contribution is 2.41. The molecule has 0 spiro atoms. The topological polar surface area (TPSA) is 56.1 Å². The van der Waals surface area contributed by atoms with Crippen LogP contribution in [-0.2, 0) is 0 Å². The molecule has 0 aromatic heterocycles. The number of anilines is 2. The maximum absolute atomic E-state index is 10.7. The molecule has 4 rings (SSSR count). The van der Waals surface area contributed by atoms with Crippen molar-refractivity contribution in [2.75, 3.05) is 11.6 Å². The highest BCUT2D eigenvalue weighted by Gasteiger charge is 2.26. The Kier molecular flexibility index (Phi) is 4.34. The molecule has 1 heterocycles. The molecule has 3 aromatic carbocycles. The minimum atomic E-state index is 0.266. The lowest BCUT2D eigenvalue weighted by atomic mass is 9.94. The summed E-state index contributed by atoms with van der Waals surface area (Å²) in [6, 6.07) is 15.9. The van der Waals surface area contributed by atoms with Crippen molar-refractivity contribution < 1.29 is 10.2 Å². The summed E-state index contributed by atoms with van der Waals surface area (Å²) < 4.78 is 0. The van der Waals surface area contributed by atoms with Gasteiger partial charge in [0.2, 0.25) is 0 Å². The van der Waals surface area contributed by atoms with E-state index in [1.165, 1.54) is 0 Å². The van der Waals surface area contributed by atoms with Crippen LogP contribution in [0.5, 0.6) is 11.5 Å². The smallest absolute Gasteiger partial charge is 0.142 e. The summed E-state index contributed by atoms with van der Waals surface area (Å²) >= 11 is 0. The standard InChI is InChI=1S/C24H24N2O2/c1-14-9-16(3)23(27)19(11-14)22-18-7-5-6-8-20(18)26(13-25-22)21-12-15(2)10-17(4)24(21)28/h5-12,27-28H,13H2,1-4H3. The third-order valence-electron chi connectivity index (χ3n) is 5.24. The van der Waals surface area contributed by atoms with Crippen LogP contribution in [0.15, 0.2) is 53.5 Å². The molecule has 0 aliphatic carbocycles. The van der Waals surface area contributed by atoms with Crippen LogP contribution in [0.4, 0.5) is 11.4 Å². The van der Waals surface area contributed by atoms with E-state index in [1.54, 1.807) is 0 Å². The van der Waals surface area contributed by atoms with Crippen molar-refractivity contribution in [2.24, 2.45) is 4.99 Å². The van der Waals surface area contributed by atoms with Gasteiger partial charge >= 0.3 is 0 Å². The van der Waals surface area contributed by atoms with Crippen LogP contribution in [0.1, 0.15) is 33.4 Å². The summed E-state index contributed by atoms with van der Waals surface area (Å²) in [6.45, 7) is 8.22. The minimum Gasteiger partial charge on any atom is -0.507 e. The van der Waals surface area contributed by atoms with Gasteiger partial charge in [0.1, 0.15) is 18.2 Å². The van der Waals surface area contributed by atoms with E-state index in [4.69, 9.17) is 4.99 Å². The first kappa shape index (κ1) is 18.1. The lowest BCUT2D eigenvalue weighted by molar-refractivity contribution is 0.469. The van der Waals surface area contributed by atoms with Crippen LogP contribution < -0.4 is 4.90 Å². The van der Waals surface area contributed by atoms with Gasteiger partial charge in [0.15, 0.2) is 0 Å². The third kappa shape index (κ3) is 2.91. The Labute approximate surface area is 165 Å². The van der Waals surface area contributed by atoms with Crippen LogP contribution in [0.3, 0.4) is 0 Å². The van der Waals surface area contributed by atoms with Gasteiger partial charge in [-0.05, 0) is 68.1 Å². The summed E-state index contributed by atoms with van der Waals surface area (Å²) in [5.41, 5.74) is 8.02. The molecule has 0 unspecified atom stereocenters. The maximum atomic E-state index is 10.7. The lowest BCUT2D eigenvalue weighted by Gasteiger charge is -2.31. The molecule has 0 saturated heterocycles. The fourth-order valence-corrected chi connectivity index (χ4v) is 3.93. The molecule has 0 atom stereocenters. The first-order valence-corrected chi connectivity index (χ1v) is 9.39. The van der Waals surface area contributed by atoms with E-state index in [0.717, 1.165) is 50.5 Å². The third-order valence-corrected chi connectivity index (χ3v) is 5.24. The number of aromatic hydroxyl groups is 2. The molecular formula is C24H24N2O2. The lowest BCUT2D eigenvalue weighted by Crippen LogP contribution is -2.26. The Balaban J connectivity index is 1.90. The predicted molar refractivity (Wildman–Crippen MR) is 114 cm³/mol. The second-order valence-electron chi connectivity index (χ2n) is 7.52. The van der Waals surface area contributed by atoms with Crippen LogP contribution in [0, 0.1) is 27.7 Å². The molecule has 28 heavy (non-hydrogen) atoms. The Morgan fingerprint density at radius 2 is 1.39 bits per heavy atom. The highest BCUT2D eigenvalue weighted by atomic mass is 16.3. The van der Waals surface area contributed by atoms with Crippen molar-refractivity contribution >= 4 is 17.1 Å². The normalized spacial score (nSPS) is 13.3. The Morgan fingerprint density at radius 3 is 2.14 bits per heavy atom. The molecule has 4 nitrogen and oxygen atoms in total. The summed E-state index contributed by atoms with van der Waals surface area (Å²) in [5, 5.41) is 21.3. The predicted octanol–water partition coefficient (Wildman–Crippen LogP) is 5.28. The second-order valence-corrected chi connectivity index (χ2v) is 7.52. The van der Waals surface area contributed by atoms with Gasteiger partial charge < -0.3 is 15.1 Å². The molecular weight excluding hydrogens is 348 g/mol. The largest absolute Gasteiger partial charge is 0.507 e. The van der Waals surface area contributed by atoms with Crippen molar-refractivity contribution in [1.29, 1.82) is 0 Å². The summed E-state index contributed by atoms with van der Waals surface area (Å²) in [4.78, 5) is 6.84. The second kappa shape index (κ2) is 6.71. The maximum Gasteiger partial charge on any atom is 0.142 e. The van der Waals surface area contributed by atoms with Crippen molar-refractivity contribution in [3.8, 4) is 11.5 Å². The van der Waals surface area contributed by atoms with Gasteiger partial charge in [-0.3, -0.25) is 4.99 Å². The van der Waals surface area contributed by atoms with Crippen LogP contribution in [-0.4, -0.2) is 22.6 Å². The van der Waals surface area contributed by atoms with Crippen LogP contribution >= 0.6 is 0 Å². The van der Waals surface area contributed by atoms with Crippen molar-refractivity contribution in [3.63, 3.8) is 0 Å². The van der Waals surface area contributed by atoms with Gasteiger partial charge in [-0.2, -0.15) is 0 Å². The first-order chi connectivity index (χ1) is 13.4. The number of fused-ring (bicyclic) bond motifs is 1. The number of benzene rings is 3. The number of para-hydroxylation sites is 1. The quantitative estimate of drug-likeness (QED) is 0.644. The molecule has 142 valence electrons. The molecule has 1 aliphatic rings. The fraction of sp³-hybridized carbons (Fsp3) is 0.208. The van der Waals surface area contributed by atoms with Crippen LogP contribution in [0.25, 0.3) is 0 Å². The Hall–Kier alpha value is -3.27. The van der Waals surface area contributed by atoms with Crippen LogP contribution in [0.2, 0.25) is 0 Å². The molecule has 4 heteroatoms. The molecule has 0 fully saturated rings. The van der Waals surface area contributed by atoms with Gasteiger partial charge in [0.05, 0.1) is 17.1 Å². The molecule has 0 amide bonds. The van der Waals surface area contributed by atoms with E-state index in [1.807, 2.05) is 81.1 Å². The fourth-order valence-electron chi connectivity index (χ4n) is 3.93. The zero-order valence-electron chi connectivity index (χ0n) is 16.6. The van der Waals surface area contributed by atoms with Gasteiger partial charge in [-0.25, -0.2) is 0 Å². The summed E-state index contributed by atoms with van der Waals surface area (Å²) in [6.07, 6.45) is 0. The summed E-state index contributed by atoms with van der Waals surface area (Å²) in [7, 11) is 0. The number of nitrogens with zero attached hydrogens (tertiary/aromatic N) is 2. The van der Waals surface area contributed by atoms with Gasteiger partial charge in [0, 0.05) is 11.1 Å². The number of rotatable bonds is 2. The zero-order valence-corrected chi connectivity index (χ0v) is 16.6. The van der Waals surface area contributed by atoms with E-state index >= 15 is 0 Å². The number of phenols is 2. The van der Waals surface area contributed by atoms with E-state index in [2.05, 4.69) is 0 Å². The number of aliphatic imine (C=N–C) groups is 1. The first-order valence-electron chi connectivity index (χ1n) is 9.39. The molecule has 0 bridgehead atoms. The monoisotopic (exact) mass is 372 g/mol. The molecule has 1 aliphatic heterocycles. The molecule has 0 saturated carbocycles.